The fourth-order valence-corrected chi connectivity index (χ4v) is 2.44. The van der Waals surface area contributed by atoms with Gasteiger partial charge in [-0.1, -0.05) is 23.7 Å². The van der Waals surface area contributed by atoms with E-state index in [1.165, 1.54) is 6.26 Å². The number of nitrogens with one attached hydrogen (secondary N) is 3. The minimum Gasteiger partial charge on any atom is -0.467 e. The van der Waals surface area contributed by atoms with Crippen molar-refractivity contribution in [2.75, 3.05) is 11.9 Å². The van der Waals surface area contributed by atoms with Crippen LogP contribution in [0.4, 0.5) is 10.5 Å². The Balaban J connectivity index is 1.42. The summed E-state index contributed by atoms with van der Waals surface area (Å²) >= 11 is 6.06. The molecule has 0 unspecified atom stereocenters. The maximum Gasteiger partial charge on any atom is 0.315 e. The highest BCUT2D eigenvalue weighted by Gasteiger charge is 2.07. The Labute approximate surface area is 166 Å². The van der Waals surface area contributed by atoms with Gasteiger partial charge in [-0.25, -0.2) is 4.79 Å². The number of halogens is 1. The first-order valence-electron chi connectivity index (χ1n) is 8.46. The molecule has 3 aromatic rings. The minimum absolute atomic E-state index is 0.165. The van der Waals surface area contributed by atoms with Crippen LogP contribution >= 0.6 is 11.6 Å². The average Bonchev–Trinajstić information content (AvgIpc) is 3.22. The van der Waals surface area contributed by atoms with Crippen molar-refractivity contribution in [3.63, 3.8) is 0 Å². The number of furan rings is 1. The molecular weight excluding hydrogens is 382 g/mol. The summed E-state index contributed by atoms with van der Waals surface area (Å²) in [6, 6.07) is 17.0. The van der Waals surface area contributed by atoms with Crippen molar-refractivity contribution >= 4 is 29.2 Å². The van der Waals surface area contributed by atoms with Crippen LogP contribution in [0.25, 0.3) is 0 Å². The summed E-state index contributed by atoms with van der Waals surface area (Å²) in [5, 5.41) is 8.26. The topological polar surface area (TPSA) is 92.6 Å². The van der Waals surface area contributed by atoms with Crippen molar-refractivity contribution in [3.8, 4) is 11.5 Å². The second-order valence-corrected chi connectivity index (χ2v) is 6.13. The van der Waals surface area contributed by atoms with Crippen LogP contribution in [0.15, 0.2) is 71.3 Å². The van der Waals surface area contributed by atoms with E-state index in [1.54, 1.807) is 48.5 Å². The third-order valence-corrected chi connectivity index (χ3v) is 3.93. The third kappa shape index (κ3) is 5.78. The van der Waals surface area contributed by atoms with Gasteiger partial charge in [0.15, 0.2) is 0 Å². The lowest BCUT2D eigenvalue weighted by Crippen LogP contribution is -2.39. The van der Waals surface area contributed by atoms with Crippen LogP contribution in [0.2, 0.25) is 5.02 Å². The molecule has 1 heterocycles. The van der Waals surface area contributed by atoms with E-state index in [0.717, 1.165) is 0 Å². The number of para-hydroxylation sites is 1. The fraction of sp³-hybridized carbons (Fsp3) is 0.100. The van der Waals surface area contributed by atoms with E-state index < -0.39 is 6.03 Å². The molecule has 3 rings (SSSR count). The zero-order valence-corrected chi connectivity index (χ0v) is 15.5. The lowest BCUT2D eigenvalue weighted by molar-refractivity contribution is -0.115. The second kappa shape index (κ2) is 9.48. The number of rotatable bonds is 7. The summed E-state index contributed by atoms with van der Waals surface area (Å²) in [7, 11) is 0. The Kier molecular flexibility index (Phi) is 6.54. The molecule has 3 amide bonds. The Hall–Kier alpha value is -3.45. The smallest absolute Gasteiger partial charge is 0.315 e. The molecule has 1 aromatic heterocycles. The van der Waals surface area contributed by atoms with Gasteiger partial charge < -0.3 is 25.1 Å². The summed E-state index contributed by atoms with van der Waals surface area (Å²) in [5.41, 5.74) is 0.578. The zero-order valence-electron chi connectivity index (χ0n) is 14.8. The second-order valence-electron chi connectivity index (χ2n) is 5.72. The quantitative estimate of drug-likeness (QED) is 0.556. The molecular formula is C20H18ClN3O4. The van der Waals surface area contributed by atoms with E-state index in [2.05, 4.69) is 16.0 Å². The Morgan fingerprint density at radius 1 is 0.964 bits per heavy atom. The third-order valence-electron chi connectivity index (χ3n) is 3.62. The number of benzene rings is 2. The van der Waals surface area contributed by atoms with E-state index in [0.29, 0.717) is 28.0 Å². The van der Waals surface area contributed by atoms with E-state index in [1.807, 2.05) is 12.1 Å². The zero-order chi connectivity index (χ0) is 19.8. The van der Waals surface area contributed by atoms with Gasteiger partial charge >= 0.3 is 6.03 Å². The predicted octanol–water partition coefficient (Wildman–Crippen LogP) is 4.16. The van der Waals surface area contributed by atoms with Gasteiger partial charge in [0.1, 0.15) is 17.3 Å². The van der Waals surface area contributed by atoms with Gasteiger partial charge in [0, 0.05) is 5.69 Å². The van der Waals surface area contributed by atoms with Crippen LogP contribution in [0, 0.1) is 0 Å². The van der Waals surface area contributed by atoms with E-state index in [-0.39, 0.29) is 19.0 Å². The van der Waals surface area contributed by atoms with Gasteiger partial charge in [0.05, 0.1) is 24.4 Å². The van der Waals surface area contributed by atoms with E-state index in [9.17, 15) is 9.59 Å². The Morgan fingerprint density at radius 3 is 2.46 bits per heavy atom. The van der Waals surface area contributed by atoms with E-state index in [4.69, 9.17) is 20.8 Å². The number of hydrogen-bond donors (Lipinski definition) is 3. The van der Waals surface area contributed by atoms with Gasteiger partial charge in [0.25, 0.3) is 0 Å². The first-order valence-corrected chi connectivity index (χ1v) is 8.84. The van der Waals surface area contributed by atoms with Crippen LogP contribution in [0.5, 0.6) is 11.5 Å². The van der Waals surface area contributed by atoms with Gasteiger partial charge in [-0.15, -0.1) is 0 Å². The number of carbonyl (C=O) groups excluding carboxylic acids is 2. The molecule has 144 valence electrons. The SMILES string of the molecule is O=C(CNC(=O)NCc1ccco1)Nc1ccc(Oc2ccccc2Cl)cc1. The molecule has 3 N–H and O–H groups in total. The number of carbonyl (C=O) groups is 2. The van der Waals surface area contributed by atoms with Gasteiger partial charge in [-0.3, -0.25) is 4.79 Å². The maximum absolute atomic E-state index is 11.9. The molecule has 0 atom stereocenters. The van der Waals surface area contributed by atoms with E-state index >= 15 is 0 Å². The van der Waals surface area contributed by atoms with Crippen molar-refractivity contribution in [1.29, 1.82) is 0 Å². The van der Waals surface area contributed by atoms with Gasteiger partial charge in [-0.05, 0) is 48.5 Å². The molecule has 0 radical (unpaired) electrons. The van der Waals surface area contributed by atoms with Crippen LogP contribution < -0.4 is 20.7 Å². The summed E-state index contributed by atoms with van der Waals surface area (Å²) in [6.45, 7) is 0.0786. The number of anilines is 1. The van der Waals surface area contributed by atoms with Gasteiger partial charge in [-0.2, -0.15) is 0 Å². The Bertz CT molecular complexity index is 927. The molecule has 0 saturated carbocycles. The number of hydrogen-bond acceptors (Lipinski definition) is 4. The fourth-order valence-electron chi connectivity index (χ4n) is 2.27. The highest BCUT2D eigenvalue weighted by molar-refractivity contribution is 6.32. The number of ether oxygens (including phenoxy) is 1. The lowest BCUT2D eigenvalue weighted by Gasteiger charge is -2.10. The molecule has 7 nitrogen and oxygen atoms in total. The predicted molar refractivity (Wildman–Crippen MR) is 106 cm³/mol. The first kappa shape index (κ1) is 19.3. The highest BCUT2D eigenvalue weighted by atomic mass is 35.5. The monoisotopic (exact) mass is 399 g/mol. The minimum atomic E-state index is -0.463. The van der Waals surface area contributed by atoms with Crippen LogP contribution in [0.3, 0.4) is 0 Å². The van der Waals surface area contributed by atoms with Crippen LogP contribution in [-0.2, 0) is 11.3 Å². The summed E-state index contributed by atoms with van der Waals surface area (Å²) < 4.78 is 10.8. The van der Waals surface area contributed by atoms with Crippen molar-refractivity contribution in [1.82, 2.24) is 10.6 Å². The molecule has 0 spiro atoms. The molecule has 28 heavy (non-hydrogen) atoms. The Morgan fingerprint density at radius 2 is 1.75 bits per heavy atom. The maximum atomic E-state index is 11.9. The molecule has 0 aliphatic carbocycles. The highest BCUT2D eigenvalue weighted by Crippen LogP contribution is 2.29. The molecule has 8 heteroatoms. The normalized spacial score (nSPS) is 10.2. The average molecular weight is 400 g/mol. The molecule has 2 aromatic carbocycles. The molecule has 0 aliphatic heterocycles. The summed E-state index contributed by atoms with van der Waals surface area (Å²) in [6.07, 6.45) is 1.52. The summed E-state index contributed by atoms with van der Waals surface area (Å²) in [4.78, 5) is 23.6. The van der Waals surface area contributed by atoms with Gasteiger partial charge in [0.2, 0.25) is 5.91 Å². The number of amides is 3. The van der Waals surface area contributed by atoms with Crippen molar-refractivity contribution in [2.24, 2.45) is 0 Å². The molecule has 0 saturated heterocycles. The lowest BCUT2D eigenvalue weighted by atomic mass is 10.3. The molecule has 0 fully saturated rings. The molecule has 0 aliphatic rings. The largest absolute Gasteiger partial charge is 0.467 e. The van der Waals surface area contributed by atoms with Crippen molar-refractivity contribution in [3.05, 3.63) is 77.7 Å². The summed E-state index contributed by atoms with van der Waals surface area (Å²) in [5.74, 6) is 1.40. The molecule has 0 bridgehead atoms. The standard InChI is InChI=1S/C20H18ClN3O4/c21-17-5-1-2-6-18(17)28-15-9-7-14(8-10-15)24-19(25)13-23-20(26)22-12-16-4-3-11-27-16/h1-11H,12-13H2,(H,24,25)(H2,22,23,26). The van der Waals surface area contributed by atoms with Crippen LogP contribution in [-0.4, -0.2) is 18.5 Å². The van der Waals surface area contributed by atoms with Crippen molar-refractivity contribution in [2.45, 2.75) is 6.54 Å². The van der Waals surface area contributed by atoms with Crippen molar-refractivity contribution < 1.29 is 18.7 Å². The first-order chi connectivity index (χ1) is 13.6. The van der Waals surface area contributed by atoms with Crippen LogP contribution in [0.1, 0.15) is 5.76 Å². The number of urea groups is 1.